The first-order chi connectivity index (χ1) is 11.8. The lowest BCUT2D eigenvalue weighted by Crippen LogP contribution is -2.36. The highest BCUT2D eigenvalue weighted by Gasteiger charge is 2.36. The van der Waals surface area contributed by atoms with Gasteiger partial charge in [-0.15, -0.1) is 0 Å². The van der Waals surface area contributed by atoms with Gasteiger partial charge in [0.2, 0.25) is 5.91 Å². The van der Waals surface area contributed by atoms with E-state index in [0.717, 1.165) is 41.9 Å². The number of amides is 1. The van der Waals surface area contributed by atoms with Crippen molar-refractivity contribution in [2.24, 2.45) is 10.9 Å². The van der Waals surface area contributed by atoms with Gasteiger partial charge >= 0.3 is 0 Å². The second-order valence-electron chi connectivity index (χ2n) is 6.27. The highest BCUT2D eigenvalue weighted by atomic mass is 16.2. The van der Waals surface area contributed by atoms with Gasteiger partial charge in [0.15, 0.2) is 0 Å². The molecule has 2 aromatic rings. The van der Waals surface area contributed by atoms with Crippen molar-refractivity contribution in [1.29, 1.82) is 5.26 Å². The molecule has 4 rings (SSSR count). The molecule has 0 saturated heterocycles. The molecule has 1 atom stereocenters. The number of aliphatic imine (C=N–C) groups is 1. The first-order valence-corrected chi connectivity index (χ1v) is 8.23. The van der Waals surface area contributed by atoms with E-state index in [-0.39, 0.29) is 11.8 Å². The maximum absolute atomic E-state index is 13.1. The quantitative estimate of drug-likeness (QED) is 0.841. The van der Waals surface area contributed by atoms with Gasteiger partial charge in [-0.05, 0) is 49.1 Å². The van der Waals surface area contributed by atoms with E-state index in [0.29, 0.717) is 12.1 Å². The maximum Gasteiger partial charge on any atom is 0.236 e. The summed E-state index contributed by atoms with van der Waals surface area (Å²) in [5.41, 5.74) is 4.30. The number of carbonyl (C=O) groups is 1. The van der Waals surface area contributed by atoms with E-state index in [1.54, 1.807) is 6.07 Å². The van der Waals surface area contributed by atoms with Crippen LogP contribution < -0.4 is 4.90 Å². The molecule has 1 amide bonds. The molecule has 1 aliphatic heterocycles. The second kappa shape index (κ2) is 5.93. The van der Waals surface area contributed by atoms with Crippen LogP contribution >= 0.6 is 0 Å². The van der Waals surface area contributed by atoms with Crippen molar-refractivity contribution in [3.05, 3.63) is 59.7 Å². The standard InChI is InChI=1S/C20H17N3O/c21-12-14-5-3-6-15(11-14)13-23-19-10-2-1-8-18(19)22-17-9-4-7-16(17)20(23)24/h1-3,5-6,8,10-11,16H,4,7,9,13H2. The zero-order valence-electron chi connectivity index (χ0n) is 13.3. The third kappa shape index (κ3) is 2.48. The lowest BCUT2D eigenvalue weighted by molar-refractivity contribution is -0.120. The van der Waals surface area contributed by atoms with Crippen LogP contribution in [0.2, 0.25) is 0 Å². The van der Waals surface area contributed by atoms with Crippen LogP contribution in [0.5, 0.6) is 0 Å². The maximum atomic E-state index is 13.1. The van der Waals surface area contributed by atoms with Gasteiger partial charge in [0.05, 0.1) is 35.5 Å². The van der Waals surface area contributed by atoms with Gasteiger partial charge in [0, 0.05) is 5.71 Å². The van der Waals surface area contributed by atoms with E-state index in [4.69, 9.17) is 10.3 Å². The van der Waals surface area contributed by atoms with Crippen LogP contribution in [0.15, 0.2) is 53.5 Å². The fourth-order valence-electron chi connectivity index (χ4n) is 3.56. The largest absolute Gasteiger partial charge is 0.305 e. The summed E-state index contributed by atoms with van der Waals surface area (Å²) < 4.78 is 0. The minimum Gasteiger partial charge on any atom is -0.305 e. The van der Waals surface area contributed by atoms with Gasteiger partial charge in [-0.1, -0.05) is 24.3 Å². The molecule has 0 aromatic heterocycles. The predicted octanol–water partition coefficient (Wildman–Crippen LogP) is 3.98. The number of para-hydroxylation sites is 2. The van der Waals surface area contributed by atoms with Crippen LogP contribution in [-0.4, -0.2) is 11.6 Å². The number of hydrogen-bond donors (Lipinski definition) is 0. The van der Waals surface area contributed by atoms with Gasteiger partial charge in [-0.2, -0.15) is 5.26 Å². The smallest absolute Gasteiger partial charge is 0.236 e. The number of nitriles is 1. The van der Waals surface area contributed by atoms with Crippen LogP contribution in [0, 0.1) is 17.2 Å². The van der Waals surface area contributed by atoms with Crippen LogP contribution in [0.1, 0.15) is 30.4 Å². The summed E-state index contributed by atoms with van der Waals surface area (Å²) in [5, 5.41) is 9.10. The minimum absolute atomic E-state index is 0.100. The predicted molar refractivity (Wildman–Crippen MR) is 93.2 cm³/mol. The molecule has 1 heterocycles. The van der Waals surface area contributed by atoms with Crippen LogP contribution in [0.25, 0.3) is 0 Å². The Hall–Kier alpha value is -2.93. The molecule has 1 unspecified atom stereocenters. The normalized spacial score (nSPS) is 19.1. The molecular formula is C20H17N3O. The Labute approximate surface area is 141 Å². The number of nitrogens with zero attached hydrogens (tertiary/aromatic N) is 3. The molecule has 0 radical (unpaired) electrons. The molecule has 2 aliphatic rings. The van der Waals surface area contributed by atoms with E-state index in [2.05, 4.69) is 6.07 Å². The Morgan fingerprint density at radius 3 is 2.96 bits per heavy atom. The van der Waals surface area contributed by atoms with Crippen LogP contribution in [-0.2, 0) is 11.3 Å². The van der Waals surface area contributed by atoms with Crippen molar-refractivity contribution in [2.45, 2.75) is 25.8 Å². The van der Waals surface area contributed by atoms with E-state index in [1.807, 2.05) is 47.4 Å². The summed E-state index contributed by atoms with van der Waals surface area (Å²) in [5.74, 6) is 0.0233. The zero-order valence-corrected chi connectivity index (χ0v) is 13.3. The molecule has 0 spiro atoms. The van der Waals surface area contributed by atoms with Crippen LogP contribution in [0.3, 0.4) is 0 Å². The number of benzene rings is 2. The van der Waals surface area contributed by atoms with Gasteiger partial charge in [0.1, 0.15) is 0 Å². The lowest BCUT2D eigenvalue weighted by Gasteiger charge is -2.25. The Bertz CT molecular complexity index is 878. The highest BCUT2D eigenvalue weighted by molar-refractivity contribution is 6.14. The number of fused-ring (bicyclic) bond motifs is 2. The molecule has 4 heteroatoms. The van der Waals surface area contributed by atoms with Gasteiger partial charge in [0.25, 0.3) is 0 Å². The molecular weight excluding hydrogens is 298 g/mol. The van der Waals surface area contributed by atoms with Crippen molar-refractivity contribution in [3.8, 4) is 6.07 Å². The Morgan fingerprint density at radius 1 is 1.21 bits per heavy atom. The second-order valence-corrected chi connectivity index (χ2v) is 6.27. The summed E-state index contributed by atoms with van der Waals surface area (Å²) in [6.07, 6.45) is 2.80. The Morgan fingerprint density at radius 2 is 2.08 bits per heavy atom. The molecule has 118 valence electrons. The fraction of sp³-hybridized carbons (Fsp3) is 0.250. The summed E-state index contributed by atoms with van der Waals surface area (Å²) in [6, 6.07) is 17.4. The number of rotatable bonds is 2. The van der Waals surface area contributed by atoms with E-state index in [1.165, 1.54) is 0 Å². The zero-order chi connectivity index (χ0) is 16.5. The molecule has 0 N–H and O–H groups in total. The third-order valence-corrected chi connectivity index (χ3v) is 4.73. The molecule has 1 saturated carbocycles. The SMILES string of the molecule is N#Cc1cccc(CN2C(=O)C3CCCC3=Nc3ccccc32)c1. The Balaban J connectivity index is 1.76. The van der Waals surface area contributed by atoms with Crippen molar-refractivity contribution >= 4 is 23.0 Å². The Kier molecular flexibility index (Phi) is 3.62. The number of hydrogen-bond acceptors (Lipinski definition) is 3. The van der Waals surface area contributed by atoms with Crippen molar-refractivity contribution < 1.29 is 4.79 Å². The number of carbonyl (C=O) groups excluding carboxylic acids is 1. The van der Waals surface area contributed by atoms with Crippen molar-refractivity contribution in [3.63, 3.8) is 0 Å². The average molecular weight is 315 g/mol. The first-order valence-electron chi connectivity index (χ1n) is 8.23. The van der Waals surface area contributed by atoms with Gasteiger partial charge in [-0.25, -0.2) is 0 Å². The number of anilines is 1. The molecule has 1 fully saturated rings. The topological polar surface area (TPSA) is 56.5 Å². The monoisotopic (exact) mass is 315 g/mol. The fourth-order valence-corrected chi connectivity index (χ4v) is 3.56. The molecule has 4 nitrogen and oxygen atoms in total. The van der Waals surface area contributed by atoms with Crippen molar-refractivity contribution in [1.82, 2.24) is 0 Å². The summed E-state index contributed by atoms with van der Waals surface area (Å²) in [6.45, 7) is 0.463. The van der Waals surface area contributed by atoms with Gasteiger partial charge < -0.3 is 4.90 Å². The van der Waals surface area contributed by atoms with Crippen molar-refractivity contribution in [2.75, 3.05) is 4.90 Å². The molecule has 24 heavy (non-hydrogen) atoms. The van der Waals surface area contributed by atoms with Gasteiger partial charge in [-0.3, -0.25) is 9.79 Å². The average Bonchev–Trinajstić information content (AvgIpc) is 3.04. The van der Waals surface area contributed by atoms with E-state index < -0.39 is 0 Å². The minimum atomic E-state index is -0.100. The first kappa shape index (κ1) is 14.6. The van der Waals surface area contributed by atoms with Crippen LogP contribution in [0.4, 0.5) is 11.4 Å². The summed E-state index contributed by atoms with van der Waals surface area (Å²) in [7, 11) is 0. The summed E-state index contributed by atoms with van der Waals surface area (Å²) >= 11 is 0. The molecule has 0 bridgehead atoms. The highest BCUT2D eigenvalue weighted by Crippen LogP contribution is 2.38. The third-order valence-electron chi connectivity index (χ3n) is 4.73. The van der Waals surface area contributed by atoms with E-state index in [9.17, 15) is 4.79 Å². The summed E-state index contributed by atoms with van der Waals surface area (Å²) in [4.78, 5) is 19.7. The van der Waals surface area contributed by atoms with E-state index >= 15 is 0 Å². The molecule has 1 aliphatic carbocycles. The lowest BCUT2D eigenvalue weighted by atomic mass is 10.0. The molecule has 2 aromatic carbocycles.